The highest BCUT2D eigenvalue weighted by atomic mass is 19.1. The second kappa shape index (κ2) is 13.7. The predicted molar refractivity (Wildman–Crippen MR) is 179 cm³/mol. The van der Waals surface area contributed by atoms with Gasteiger partial charge in [-0.3, -0.25) is 14.6 Å². The van der Waals surface area contributed by atoms with Crippen molar-refractivity contribution in [2.75, 3.05) is 10.6 Å². The van der Waals surface area contributed by atoms with Gasteiger partial charge in [-0.1, -0.05) is 6.07 Å². The summed E-state index contributed by atoms with van der Waals surface area (Å²) in [6.45, 7) is -1.38. The Kier molecular flexibility index (Phi) is 10.0. The molecule has 1 aromatic heterocycles. The number of aliphatic hydroxyl groups is 17. The molecule has 1 saturated heterocycles. The second-order valence-electron chi connectivity index (χ2n) is 13.1. The molecule has 6 rings (SSSR count). The molecular weight excluding hydrogens is 809 g/mol. The molecule has 26 nitrogen and oxygen atoms in total. The average Bonchev–Trinajstić information content (AvgIpc) is 3.10. The number of ether oxygens (including phenoxy) is 2. The van der Waals surface area contributed by atoms with Crippen LogP contribution in [0.15, 0.2) is 66.7 Å². The van der Waals surface area contributed by atoms with E-state index in [9.17, 15) is 101 Å². The lowest BCUT2D eigenvalue weighted by Gasteiger charge is -2.62. The van der Waals surface area contributed by atoms with Crippen molar-refractivity contribution in [2.24, 2.45) is 0 Å². The third-order valence-corrected chi connectivity index (χ3v) is 8.97. The van der Waals surface area contributed by atoms with Crippen molar-refractivity contribution in [3.05, 3.63) is 89.4 Å². The Morgan fingerprint density at radius 1 is 0.644 bits per heavy atom. The summed E-state index contributed by atoms with van der Waals surface area (Å²) in [7, 11) is 0. The zero-order chi connectivity index (χ0) is 44.1. The number of hydrogen-bond donors (Lipinski definition) is 19. The minimum atomic E-state index is -5.11. The Morgan fingerprint density at radius 3 is 1.78 bits per heavy atom. The normalized spacial score (nSPS) is 20.5. The Hall–Kier alpha value is -5.22. The number of amides is 2. The summed E-state index contributed by atoms with van der Waals surface area (Å²) in [5, 5.41) is 175. The SMILES string of the molecule is O=C(Nc1ccc(F)c(NC(=O)c2ccc3nc(CN4C(O)(O)C(O)(O)N(C(O)(O)C(O)(O)O)C(O)(O)C4(O)O)ccc3c2)c1)c1ccc2c(c1)OC(O)(O)C(O)(O)O2. The monoisotopic (exact) mass is 841 g/mol. The number of fused-ring (bicyclic) bond motifs is 2. The van der Waals surface area contributed by atoms with E-state index in [0.29, 0.717) is 0 Å². The Labute approximate surface area is 324 Å². The Bertz CT molecular complexity index is 2320. The molecule has 0 radical (unpaired) electrons. The van der Waals surface area contributed by atoms with Crippen molar-refractivity contribution >= 4 is 34.1 Å². The molecule has 3 aromatic carbocycles. The average molecular weight is 842 g/mol. The maximum absolute atomic E-state index is 14.8. The van der Waals surface area contributed by atoms with Crippen molar-refractivity contribution in [3.63, 3.8) is 0 Å². The molecule has 0 saturated carbocycles. The fourth-order valence-electron chi connectivity index (χ4n) is 5.81. The lowest BCUT2D eigenvalue weighted by Crippen LogP contribution is -2.94. The van der Waals surface area contributed by atoms with Crippen LogP contribution in [0.3, 0.4) is 0 Å². The van der Waals surface area contributed by atoms with Crippen LogP contribution in [0.4, 0.5) is 15.8 Å². The van der Waals surface area contributed by atoms with Gasteiger partial charge in [0, 0.05) is 22.2 Å². The van der Waals surface area contributed by atoms with Gasteiger partial charge < -0.3 is 107 Å². The second-order valence-corrected chi connectivity index (χ2v) is 13.1. The van der Waals surface area contributed by atoms with E-state index in [1.165, 1.54) is 18.2 Å². The van der Waals surface area contributed by atoms with Crippen LogP contribution < -0.4 is 20.1 Å². The van der Waals surface area contributed by atoms with E-state index in [0.717, 1.165) is 48.5 Å². The maximum Gasteiger partial charge on any atom is 0.422 e. The summed E-state index contributed by atoms with van der Waals surface area (Å²) in [5.74, 6) is -39.9. The van der Waals surface area contributed by atoms with Crippen molar-refractivity contribution in [1.82, 2.24) is 14.8 Å². The summed E-state index contributed by atoms with van der Waals surface area (Å²) < 4.78 is 24.2. The predicted octanol–water partition coefficient (Wildman–Crippen LogP) is -7.13. The van der Waals surface area contributed by atoms with Crippen molar-refractivity contribution in [3.8, 4) is 11.5 Å². The number of pyridine rings is 1. The van der Waals surface area contributed by atoms with Gasteiger partial charge in [0.2, 0.25) is 0 Å². The van der Waals surface area contributed by atoms with E-state index >= 15 is 0 Å². The molecule has 0 bridgehead atoms. The van der Waals surface area contributed by atoms with Gasteiger partial charge in [0.1, 0.15) is 5.82 Å². The molecular formula is C32H32FN5O21. The van der Waals surface area contributed by atoms with Crippen LogP contribution in [-0.2, 0) is 6.54 Å². The number of carbonyl (C=O) groups is 2. The fraction of sp³-hybridized carbons (Fsp3) is 0.281. The van der Waals surface area contributed by atoms with Gasteiger partial charge >= 0.3 is 47.5 Å². The van der Waals surface area contributed by atoms with Crippen LogP contribution in [0, 0.1) is 5.82 Å². The lowest BCUT2D eigenvalue weighted by atomic mass is 10.0. The van der Waals surface area contributed by atoms with E-state index < -0.39 is 98.6 Å². The molecule has 0 unspecified atom stereocenters. The third-order valence-electron chi connectivity index (χ3n) is 8.97. The van der Waals surface area contributed by atoms with Crippen molar-refractivity contribution in [1.29, 1.82) is 0 Å². The van der Waals surface area contributed by atoms with Gasteiger partial charge in [-0.2, -0.15) is 4.90 Å². The maximum atomic E-state index is 14.8. The summed E-state index contributed by atoms with van der Waals surface area (Å²) in [4.78, 5) is 27.8. The molecule has 1 fully saturated rings. The molecule has 0 spiro atoms. The van der Waals surface area contributed by atoms with Crippen LogP contribution in [-0.4, -0.2) is 161 Å². The number of rotatable bonds is 8. The smallest absolute Gasteiger partial charge is 0.422 e. The molecule has 0 atom stereocenters. The van der Waals surface area contributed by atoms with E-state index in [4.69, 9.17) is 4.74 Å². The van der Waals surface area contributed by atoms with Crippen LogP contribution in [0.2, 0.25) is 0 Å². The Morgan fingerprint density at radius 2 is 1.19 bits per heavy atom. The van der Waals surface area contributed by atoms with Gasteiger partial charge in [-0.05, 0) is 60.7 Å². The third kappa shape index (κ3) is 7.07. The van der Waals surface area contributed by atoms with Crippen LogP contribution >= 0.6 is 0 Å². The van der Waals surface area contributed by atoms with Gasteiger partial charge in [0.15, 0.2) is 11.5 Å². The zero-order valence-electron chi connectivity index (χ0n) is 29.0. The Balaban J connectivity index is 1.19. The van der Waals surface area contributed by atoms with Gasteiger partial charge in [-0.15, -0.1) is 4.90 Å². The number of aromatic nitrogens is 1. The number of anilines is 2. The molecule has 3 heterocycles. The molecule has 2 amide bonds. The van der Waals surface area contributed by atoms with Crippen LogP contribution in [0.1, 0.15) is 26.4 Å². The van der Waals surface area contributed by atoms with Gasteiger partial charge in [0.25, 0.3) is 11.8 Å². The molecule has 19 N–H and O–H groups in total. The lowest BCUT2D eigenvalue weighted by molar-refractivity contribution is -0.660. The van der Waals surface area contributed by atoms with Gasteiger partial charge in [0.05, 0.1) is 23.4 Å². The first kappa shape index (κ1) is 43.4. The number of carbonyl (C=O) groups excluding carboxylic acids is 2. The molecule has 4 aromatic rings. The topological polar surface area (TPSA) is 440 Å². The number of nitrogens with one attached hydrogen (secondary N) is 2. The summed E-state index contributed by atoms with van der Waals surface area (Å²) in [5.41, 5.74) is -1.29. The van der Waals surface area contributed by atoms with E-state index in [-0.39, 0.29) is 33.5 Å². The minimum absolute atomic E-state index is 0.0414. The highest BCUT2D eigenvalue weighted by molar-refractivity contribution is 6.07. The first-order valence-corrected chi connectivity index (χ1v) is 16.1. The first-order chi connectivity index (χ1) is 26.8. The van der Waals surface area contributed by atoms with Crippen molar-refractivity contribution in [2.45, 2.75) is 54.0 Å². The standard InChI is InChI=1S/C32H32FN5O21/c33-18-6-5-16(35-23(39)15-3-8-21-22(10-15)59-32(56,57)31(54,55)58-21)11-20(18)36-24(40)14-2-7-19-13(9-14)1-4-17(34-19)12-37-25(41,42)27(45,46)38(28(47,48)26(37,43)44)29(49,50)30(51,52)53/h1-11,41-57H,12H2,(H,35,39)(H,36,40). The molecule has 2 aliphatic rings. The minimum Gasteiger partial charge on any atom is -0.428 e. The summed E-state index contributed by atoms with van der Waals surface area (Å²) >= 11 is 0. The number of piperazine rings is 1. The fourth-order valence-corrected chi connectivity index (χ4v) is 5.81. The number of benzene rings is 3. The van der Waals surface area contributed by atoms with Crippen LogP contribution in [0.25, 0.3) is 10.9 Å². The quantitative estimate of drug-likeness (QED) is 0.0733. The highest BCUT2D eigenvalue weighted by Crippen LogP contribution is 2.48. The first-order valence-electron chi connectivity index (χ1n) is 16.1. The van der Waals surface area contributed by atoms with Crippen molar-refractivity contribution < 1.29 is 110 Å². The molecule has 318 valence electrons. The number of hydrogen-bond acceptors (Lipinski definition) is 24. The van der Waals surface area contributed by atoms with Crippen LogP contribution in [0.5, 0.6) is 11.5 Å². The highest BCUT2D eigenvalue weighted by Gasteiger charge is 2.82. The zero-order valence-corrected chi connectivity index (χ0v) is 29.0. The largest absolute Gasteiger partial charge is 0.428 e. The molecule has 27 heteroatoms. The number of halogens is 1. The van der Waals surface area contributed by atoms with E-state index in [1.807, 2.05) is 0 Å². The van der Waals surface area contributed by atoms with Gasteiger partial charge in [-0.25, -0.2) is 4.39 Å². The molecule has 59 heavy (non-hydrogen) atoms. The summed E-state index contributed by atoms with van der Waals surface area (Å²) in [6.07, 6.45) is 0. The summed E-state index contributed by atoms with van der Waals surface area (Å²) in [6, 6.07) is 12.0. The molecule has 0 aliphatic carbocycles. The molecule has 2 aliphatic heterocycles. The van der Waals surface area contributed by atoms with E-state index in [1.54, 1.807) is 0 Å². The van der Waals surface area contributed by atoms with E-state index in [2.05, 4.69) is 20.4 Å². The number of nitrogens with zero attached hydrogens (tertiary/aromatic N) is 3.